The van der Waals surface area contributed by atoms with Crippen LogP contribution in [0.1, 0.15) is 239 Å². The maximum absolute atomic E-state index is 12.8. The Balaban J connectivity index is 4.39. The Labute approximate surface area is 388 Å². The van der Waals surface area contributed by atoms with Crippen LogP contribution in [0.15, 0.2) is 85.1 Å². The quantitative estimate of drug-likeness (QED) is 0.0262. The molecule has 0 heterocycles. The number of carbonyl (C=O) groups is 3. The Hall–Kier alpha value is -3.41. The molecule has 0 bridgehead atoms. The molecule has 0 saturated heterocycles. The maximum atomic E-state index is 12.8. The normalized spacial score (nSPS) is 12.7. The number of ether oxygens (including phenoxy) is 3. The molecule has 0 N–H and O–H groups in total. The molecule has 0 spiro atoms. The van der Waals surface area contributed by atoms with Crippen LogP contribution in [0, 0.1) is 0 Å². The molecule has 63 heavy (non-hydrogen) atoms. The first-order valence-corrected chi connectivity index (χ1v) is 26.1. The van der Waals surface area contributed by atoms with Crippen molar-refractivity contribution in [3.8, 4) is 0 Å². The van der Waals surface area contributed by atoms with Gasteiger partial charge in [-0.1, -0.05) is 189 Å². The molecule has 0 aromatic heterocycles. The molecule has 0 saturated carbocycles. The average molecular weight is 877 g/mol. The van der Waals surface area contributed by atoms with Crippen molar-refractivity contribution < 1.29 is 28.6 Å². The van der Waals surface area contributed by atoms with Gasteiger partial charge in [0.25, 0.3) is 0 Å². The molecule has 6 nitrogen and oxygen atoms in total. The molecule has 360 valence electrons. The van der Waals surface area contributed by atoms with Gasteiger partial charge in [0.1, 0.15) is 13.2 Å². The number of unbranched alkanes of at least 4 members (excludes halogenated alkanes) is 21. The van der Waals surface area contributed by atoms with Crippen LogP contribution < -0.4 is 0 Å². The van der Waals surface area contributed by atoms with Crippen molar-refractivity contribution in [1.82, 2.24) is 0 Å². The van der Waals surface area contributed by atoms with Crippen LogP contribution in [-0.2, 0) is 28.6 Å². The van der Waals surface area contributed by atoms with E-state index in [-0.39, 0.29) is 31.1 Å². The van der Waals surface area contributed by atoms with Crippen LogP contribution in [0.3, 0.4) is 0 Å². The van der Waals surface area contributed by atoms with E-state index in [0.29, 0.717) is 19.3 Å². The summed E-state index contributed by atoms with van der Waals surface area (Å²) >= 11 is 0. The van der Waals surface area contributed by atoms with E-state index in [1.165, 1.54) is 70.6 Å². The number of esters is 3. The van der Waals surface area contributed by atoms with E-state index in [1.807, 2.05) is 0 Å². The van der Waals surface area contributed by atoms with Gasteiger partial charge in [0.05, 0.1) is 0 Å². The van der Waals surface area contributed by atoms with Crippen molar-refractivity contribution in [3.05, 3.63) is 85.1 Å². The SMILES string of the molecule is CC/C=C\C/C=C\C/C=C\C/C=C\C/C=C\CCCCCCCC(=O)OCC(COC(=O)CCCCCCC/C=C\CCCCC)OC(=O)CCCCCCC/C=C\CCCCC. The van der Waals surface area contributed by atoms with Gasteiger partial charge in [0, 0.05) is 19.3 Å². The molecular formula is C57H96O6. The van der Waals surface area contributed by atoms with E-state index >= 15 is 0 Å². The van der Waals surface area contributed by atoms with Gasteiger partial charge in [-0.25, -0.2) is 0 Å². The molecule has 0 aromatic rings. The molecule has 1 unspecified atom stereocenters. The highest BCUT2D eigenvalue weighted by Crippen LogP contribution is 2.13. The molecule has 0 rings (SSSR count). The summed E-state index contributed by atoms with van der Waals surface area (Å²) in [6.07, 6.45) is 65.6. The van der Waals surface area contributed by atoms with Crippen molar-refractivity contribution in [2.45, 2.75) is 245 Å². The third kappa shape index (κ3) is 49.5. The maximum Gasteiger partial charge on any atom is 0.306 e. The molecule has 1 atom stereocenters. The van der Waals surface area contributed by atoms with Gasteiger partial charge < -0.3 is 14.2 Å². The van der Waals surface area contributed by atoms with Crippen molar-refractivity contribution in [1.29, 1.82) is 0 Å². The Morgan fingerprint density at radius 2 is 0.619 bits per heavy atom. The Morgan fingerprint density at radius 1 is 0.333 bits per heavy atom. The average Bonchev–Trinajstić information content (AvgIpc) is 3.28. The van der Waals surface area contributed by atoms with Gasteiger partial charge in [-0.15, -0.1) is 0 Å². The van der Waals surface area contributed by atoms with Crippen molar-refractivity contribution in [2.24, 2.45) is 0 Å². The number of hydrogen-bond acceptors (Lipinski definition) is 6. The highest BCUT2D eigenvalue weighted by atomic mass is 16.6. The van der Waals surface area contributed by atoms with Crippen LogP contribution in [0.5, 0.6) is 0 Å². The third-order valence-electron chi connectivity index (χ3n) is 10.9. The Bertz CT molecular complexity index is 1240. The predicted molar refractivity (Wildman–Crippen MR) is 270 cm³/mol. The van der Waals surface area contributed by atoms with Crippen LogP contribution in [0.4, 0.5) is 0 Å². The van der Waals surface area contributed by atoms with Crippen LogP contribution >= 0.6 is 0 Å². The molecule has 0 aliphatic heterocycles. The van der Waals surface area contributed by atoms with Gasteiger partial charge >= 0.3 is 17.9 Å². The third-order valence-corrected chi connectivity index (χ3v) is 10.9. The minimum Gasteiger partial charge on any atom is -0.462 e. The number of hydrogen-bond donors (Lipinski definition) is 0. The minimum atomic E-state index is -0.791. The summed E-state index contributed by atoms with van der Waals surface area (Å²) in [6, 6.07) is 0. The van der Waals surface area contributed by atoms with E-state index in [1.54, 1.807) is 0 Å². The molecule has 0 amide bonds. The molecular weight excluding hydrogens is 781 g/mol. The van der Waals surface area contributed by atoms with Gasteiger partial charge in [-0.2, -0.15) is 0 Å². The van der Waals surface area contributed by atoms with Crippen LogP contribution in [0.2, 0.25) is 0 Å². The lowest BCUT2D eigenvalue weighted by atomic mass is 10.1. The highest BCUT2D eigenvalue weighted by Gasteiger charge is 2.19. The summed E-state index contributed by atoms with van der Waals surface area (Å²) in [6.45, 7) is 6.44. The molecule has 0 aliphatic carbocycles. The second kappa shape index (κ2) is 51.2. The minimum absolute atomic E-state index is 0.0910. The van der Waals surface area contributed by atoms with E-state index in [2.05, 4.69) is 106 Å². The van der Waals surface area contributed by atoms with Gasteiger partial charge in [0.2, 0.25) is 0 Å². The largest absolute Gasteiger partial charge is 0.462 e. The zero-order valence-corrected chi connectivity index (χ0v) is 41.1. The van der Waals surface area contributed by atoms with E-state index in [4.69, 9.17) is 14.2 Å². The number of rotatable bonds is 46. The summed E-state index contributed by atoms with van der Waals surface area (Å²) in [5, 5.41) is 0. The van der Waals surface area contributed by atoms with Gasteiger partial charge in [-0.05, 0) is 116 Å². The monoisotopic (exact) mass is 877 g/mol. The molecule has 0 fully saturated rings. The van der Waals surface area contributed by atoms with E-state index in [0.717, 1.165) is 128 Å². The lowest BCUT2D eigenvalue weighted by Gasteiger charge is -2.18. The predicted octanol–water partition coefficient (Wildman–Crippen LogP) is 17.2. The number of carbonyl (C=O) groups excluding carboxylic acids is 3. The summed E-state index contributed by atoms with van der Waals surface area (Å²) in [4.78, 5) is 37.9. The molecule has 0 radical (unpaired) electrons. The summed E-state index contributed by atoms with van der Waals surface area (Å²) in [7, 11) is 0. The molecule has 0 aromatic carbocycles. The first-order valence-electron chi connectivity index (χ1n) is 26.1. The molecule has 0 aliphatic rings. The first kappa shape index (κ1) is 59.6. The van der Waals surface area contributed by atoms with Gasteiger partial charge in [0.15, 0.2) is 6.10 Å². The standard InChI is InChI=1S/C57H96O6/c1-4-7-10-13-16-19-22-25-26-27-28-29-30-31-32-33-36-38-41-44-47-50-56(59)62-53-54(63-57(60)51-48-45-42-39-35-24-21-18-15-12-9-6-3)52-61-55(58)49-46-43-40-37-34-23-20-17-14-11-8-5-2/h7,10,16-21,25-26,28-29,31-32,54H,4-6,8-9,11-15,22-24,27,30,33-53H2,1-3H3/b10-7-,19-16-,20-17-,21-18-,26-25-,29-28-,32-31-. The summed E-state index contributed by atoms with van der Waals surface area (Å²) < 4.78 is 16.8. The van der Waals surface area contributed by atoms with E-state index in [9.17, 15) is 14.4 Å². The Morgan fingerprint density at radius 3 is 0.984 bits per heavy atom. The molecule has 6 heteroatoms. The van der Waals surface area contributed by atoms with Gasteiger partial charge in [-0.3, -0.25) is 14.4 Å². The lowest BCUT2D eigenvalue weighted by Crippen LogP contribution is -2.30. The summed E-state index contributed by atoms with van der Waals surface area (Å²) in [5.41, 5.74) is 0. The van der Waals surface area contributed by atoms with Crippen molar-refractivity contribution >= 4 is 17.9 Å². The smallest absolute Gasteiger partial charge is 0.306 e. The van der Waals surface area contributed by atoms with Crippen molar-refractivity contribution in [2.75, 3.05) is 13.2 Å². The second-order valence-electron chi connectivity index (χ2n) is 17.0. The summed E-state index contributed by atoms with van der Waals surface area (Å²) in [5.74, 6) is -0.930. The Kier molecular flexibility index (Phi) is 48.5. The second-order valence-corrected chi connectivity index (χ2v) is 17.0. The van der Waals surface area contributed by atoms with Crippen molar-refractivity contribution in [3.63, 3.8) is 0 Å². The fraction of sp³-hybridized carbons (Fsp3) is 0.702. The first-order chi connectivity index (χ1) is 31.0. The fourth-order valence-corrected chi connectivity index (χ4v) is 6.93. The number of allylic oxidation sites excluding steroid dienone is 14. The topological polar surface area (TPSA) is 78.9 Å². The zero-order valence-electron chi connectivity index (χ0n) is 41.1. The zero-order chi connectivity index (χ0) is 45.8. The van der Waals surface area contributed by atoms with Crippen LogP contribution in [0.25, 0.3) is 0 Å². The highest BCUT2D eigenvalue weighted by molar-refractivity contribution is 5.71. The van der Waals surface area contributed by atoms with E-state index < -0.39 is 6.10 Å². The fourth-order valence-electron chi connectivity index (χ4n) is 6.93. The van der Waals surface area contributed by atoms with Crippen LogP contribution in [-0.4, -0.2) is 37.2 Å². The lowest BCUT2D eigenvalue weighted by molar-refractivity contribution is -0.167.